The lowest BCUT2D eigenvalue weighted by Crippen LogP contribution is -2.27. The molecular formula is C20H21NO4. The fourth-order valence-corrected chi connectivity index (χ4v) is 2.20. The van der Waals surface area contributed by atoms with Gasteiger partial charge in [-0.05, 0) is 46.9 Å². The van der Waals surface area contributed by atoms with E-state index < -0.39 is 11.9 Å². The van der Waals surface area contributed by atoms with Crippen LogP contribution in [-0.4, -0.2) is 22.1 Å². The molecule has 0 radical (unpaired) electrons. The minimum Gasteiger partial charge on any atom is -0.508 e. The molecule has 0 unspecified atom stereocenters. The molecule has 0 fully saturated rings. The van der Waals surface area contributed by atoms with Gasteiger partial charge in [-0.15, -0.1) is 0 Å². The van der Waals surface area contributed by atoms with Gasteiger partial charge in [-0.1, -0.05) is 45.0 Å². The zero-order valence-electron chi connectivity index (χ0n) is 14.4. The maximum atomic E-state index is 12.3. The number of phenols is 1. The highest BCUT2D eigenvalue weighted by atomic mass is 16.4. The topological polar surface area (TPSA) is 86.6 Å². The number of nitrogens with one attached hydrogen (secondary N) is 1. The summed E-state index contributed by atoms with van der Waals surface area (Å²) in [6.45, 7) is 6.22. The quantitative estimate of drug-likeness (QED) is 0.744. The maximum Gasteiger partial charge on any atom is 0.352 e. The number of phenolic OH excluding ortho intramolecular Hbond substituents is 1. The van der Waals surface area contributed by atoms with E-state index in [1.54, 1.807) is 24.3 Å². The van der Waals surface area contributed by atoms with Crippen molar-refractivity contribution in [2.75, 3.05) is 0 Å². The second kappa shape index (κ2) is 7.21. The summed E-state index contributed by atoms with van der Waals surface area (Å²) in [4.78, 5) is 23.7. The molecule has 2 rings (SSSR count). The van der Waals surface area contributed by atoms with Crippen LogP contribution in [0.25, 0.3) is 6.08 Å². The van der Waals surface area contributed by atoms with E-state index in [9.17, 15) is 19.8 Å². The molecule has 0 aliphatic carbocycles. The number of carbonyl (C=O) groups is 2. The molecule has 2 aromatic carbocycles. The third-order valence-electron chi connectivity index (χ3n) is 3.70. The molecule has 0 aliphatic heterocycles. The van der Waals surface area contributed by atoms with E-state index in [1.165, 1.54) is 18.2 Å². The number of benzene rings is 2. The van der Waals surface area contributed by atoms with Crippen LogP contribution in [-0.2, 0) is 10.2 Å². The fraction of sp³-hybridized carbons (Fsp3) is 0.200. The number of hydrogen-bond donors (Lipinski definition) is 3. The summed E-state index contributed by atoms with van der Waals surface area (Å²) in [5.41, 5.74) is 1.75. The first-order valence-corrected chi connectivity index (χ1v) is 7.83. The lowest BCUT2D eigenvalue weighted by molar-refractivity contribution is -0.132. The average Bonchev–Trinajstić information content (AvgIpc) is 2.55. The van der Waals surface area contributed by atoms with Gasteiger partial charge in [0.2, 0.25) is 0 Å². The molecule has 0 spiro atoms. The van der Waals surface area contributed by atoms with Crippen molar-refractivity contribution in [1.29, 1.82) is 0 Å². The number of amides is 1. The van der Waals surface area contributed by atoms with Crippen LogP contribution in [0.4, 0.5) is 0 Å². The highest BCUT2D eigenvalue weighted by molar-refractivity contribution is 6.02. The Bertz CT molecular complexity index is 797. The van der Waals surface area contributed by atoms with Gasteiger partial charge < -0.3 is 15.5 Å². The van der Waals surface area contributed by atoms with E-state index in [1.807, 2.05) is 12.1 Å². The first-order valence-electron chi connectivity index (χ1n) is 7.83. The Hall–Kier alpha value is -3.08. The average molecular weight is 339 g/mol. The van der Waals surface area contributed by atoms with Crippen molar-refractivity contribution >= 4 is 18.0 Å². The molecule has 0 saturated carbocycles. The van der Waals surface area contributed by atoms with Gasteiger partial charge in [0.15, 0.2) is 0 Å². The summed E-state index contributed by atoms with van der Waals surface area (Å²) in [6, 6.07) is 13.1. The van der Waals surface area contributed by atoms with Gasteiger partial charge in [0, 0.05) is 5.56 Å². The Morgan fingerprint density at radius 2 is 1.52 bits per heavy atom. The first-order chi connectivity index (χ1) is 11.7. The van der Waals surface area contributed by atoms with Gasteiger partial charge in [-0.3, -0.25) is 4.79 Å². The highest BCUT2D eigenvalue weighted by Crippen LogP contribution is 2.22. The van der Waals surface area contributed by atoms with Crippen molar-refractivity contribution in [3.05, 3.63) is 70.9 Å². The van der Waals surface area contributed by atoms with Crippen LogP contribution in [0, 0.1) is 0 Å². The lowest BCUT2D eigenvalue weighted by Gasteiger charge is -2.19. The molecule has 0 saturated heterocycles. The Balaban J connectivity index is 2.20. The third kappa shape index (κ3) is 4.94. The van der Waals surface area contributed by atoms with Crippen molar-refractivity contribution in [2.24, 2.45) is 0 Å². The number of hydrogen-bond acceptors (Lipinski definition) is 3. The van der Waals surface area contributed by atoms with Gasteiger partial charge in [-0.2, -0.15) is 0 Å². The molecule has 0 aromatic heterocycles. The maximum absolute atomic E-state index is 12.3. The number of carbonyl (C=O) groups excluding carboxylic acids is 1. The van der Waals surface area contributed by atoms with Gasteiger partial charge in [0.1, 0.15) is 11.4 Å². The number of carboxylic acid groups (broad SMARTS) is 1. The molecule has 0 heterocycles. The second-order valence-corrected chi connectivity index (χ2v) is 6.74. The normalized spacial score (nSPS) is 11.9. The SMILES string of the molecule is CC(C)(C)c1ccc(C(=O)NC(=Cc2ccc(O)cc2)C(=O)O)cc1. The summed E-state index contributed by atoms with van der Waals surface area (Å²) >= 11 is 0. The van der Waals surface area contributed by atoms with Crippen LogP contribution in [0.2, 0.25) is 0 Å². The molecule has 25 heavy (non-hydrogen) atoms. The van der Waals surface area contributed by atoms with E-state index in [0.717, 1.165) is 5.56 Å². The highest BCUT2D eigenvalue weighted by Gasteiger charge is 2.16. The standard InChI is InChI=1S/C20H21NO4/c1-20(2,3)15-8-6-14(7-9-15)18(23)21-17(19(24)25)12-13-4-10-16(22)11-5-13/h4-12,22H,1-3H3,(H,21,23)(H,24,25). The largest absolute Gasteiger partial charge is 0.508 e. The van der Waals surface area contributed by atoms with Crippen molar-refractivity contribution in [2.45, 2.75) is 26.2 Å². The molecule has 5 heteroatoms. The van der Waals surface area contributed by atoms with E-state index in [0.29, 0.717) is 11.1 Å². The monoisotopic (exact) mass is 339 g/mol. The molecular weight excluding hydrogens is 318 g/mol. The minimum absolute atomic E-state index is 0.0278. The number of aromatic hydroxyl groups is 1. The molecule has 1 amide bonds. The molecule has 0 atom stereocenters. The van der Waals surface area contributed by atoms with Crippen molar-refractivity contribution in [3.63, 3.8) is 0 Å². The van der Waals surface area contributed by atoms with Crippen LogP contribution in [0.5, 0.6) is 5.75 Å². The van der Waals surface area contributed by atoms with Crippen molar-refractivity contribution in [1.82, 2.24) is 5.32 Å². The van der Waals surface area contributed by atoms with Crippen molar-refractivity contribution in [3.8, 4) is 5.75 Å². The lowest BCUT2D eigenvalue weighted by atomic mass is 9.87. The predicted octanol–water partition coefficient (Wildman–Crippen LogP) is 3.55. The van der Waals surface area contributed by atoms with Crippen LogP contribution >= 0.6 is 0 Å². The van der Waals surface area contributed by atoms with Crippen LogP contribution in [0.15, 0.2) is 54.2 Å². The van der Waals surface area contributed by atoms with Gasteiger partial charge >= 0.3 is 5.97 Å². The summed E-state index contributed by atoms with van der Waals surface area (Å²) in [5, 5.41) is 21.0. The molecule has 0 bridgehead atoms. The molecule has 130 valence electrons. The zero-order chi connectivity index (χ0) is 18.6. The molecule has 5 nitrogen and oxygen atoms in total. The van der Waals surface area contributed by atoms with E-state index in [4.69, 9.17) is 0 Å². The van der Waals surface area contributed by atoms with Gasteiger partial charge in [-0.25, -0.2) is 4.79 Å². The Kier molecular flexibility index (Phi) is 5.27. The molecule has 0 aliphatic rings. The summed E-state index contributed by atoms with van der Waals surface area (Å²) < 4.78 is 0. The Morgan fingerprint density at radius 3 is 2.00 bits per heavy atom. The second-order valence-electron chi connectivity index (χ2n) is 6.74. The Morgan fingerprint density at radius 1 is 0.960 bits per heavy atom. The van der Waals surface area contributed by atoms with E-state index in [2.05, 4.69) is 26.1 Å². The minimum atomic E-state index is -1.24. The number of rotatable bonds is 4. The predicted molar refractivity (Wildman–Crippen MR) is 96.3 cm³/mol. The van der Waals surface area contributed by atoms with Crippen LogP contribution < -0.4 is 5.32 Å². The van der Waals surface area contributed by atoms with Gasteiger partial charge in [0.25, 0.3) is 5.91 Å². The van der Waals surface area contributed by atoms with Crippen LogP contribution in [0.3, 0.4) is 0 Å². The summed E-state index contributed by atoms with van der Waals surface area (Å²) in [6.07, 6.45) is 1.34. The van der Waals surface area contributed by atoms with Crippen molar-refractivity contribution < 1.29 is 19.8 Å². The summed E-state index contributed by atoms with van der Waals surface area (Å²) in [7, 11) is 0. The van der Waals surface area contributed by atoms with E-state index in [-0.39, 0.29) is 16.9 Å². The molecule has 3 N–H and O–H groups in total. The van der Waals surface area contributed by atoms with Crippen LogP contribution in [0.1, 0.15) is 42.3 Å². The Labute approximate surface area is 146 Å². The molecule has 2 aromatic rings. The number of carboxylic acids is 1. The fourth-order valence-electron chi connectivity index (χ4n) is 2.20. The zero-order valence-corrected chi connectivity index (χ0v) is 14.4. The smallest absolute Gasteiger partial charge is 0.352 e. The third-order valence-corrected chi connectivity index (χ3v) is 3.70. The number of aliphatic carboxylic acids is 1. The van der Waals surface area contributed by atoms with E-state index >= 15 is 0 Å². The van der Waals surface area contributed by atoms with Gasteiger partial charge in [0.05, 0.1) is 0 Å². The summed E-state index contributed by atoms with van der Waals surface area (Å²) in [5.74, 6) is -1.65. The first kappa shape index (κ1) is 18.3.